The highest BCUT2D eigenvalue weighted by atomic mass is 19.1. The molecule has 0 aliphatic carbocycles. The van der Waals surface area contributed by atoms with Crippen molar-refractivity contribution < 1.29 is 13.5 Å². The fourth-order valence-corrected chi connectivity index (χ4v) is 1.44. The minimum absolute atomic E-state index is 0.0295. The normalized spacial score (nSPS) is 17.7. The molecular formula is C9H8F2N2O. The molecular weight excluding hydrogens is 190 g/mol. The Labute approximate surface area is 79.2 Å². The molecule has 0 unspecified atom stereocenters. The third-order valence-corrected chi connectivity index (χ3v) is 2.06. The van der Waals surface area contributed by atoms with E-state index in [1.807, 2.05) is 0 Å². The minimum atomic E-state index is -0.721. The Morgan fingerprint density at radius 2 is 2.14 bits per heavy atom. The first kappa shape index (κ1) is 8.93. The molecule has 1 aliphatic heterocycles. The second-order valence-corrected chi connectivity index (χ2v) is 2.94. The SMILES string of the molecule is N/N=C1\CCOc2c(F)cc(F)cc21. The summed E-state index contributed by atoms with van der Waals surface area (Å²) in [4.78, 5) is 0. The van der Waals surface area contributed by atoms with Crippen molar-refractivity contribution >= 4 is 5.71 Å². The van der Waals surface area contributed by atoms with Crippen LogP contribution in [0.5, 0.6) is 5.75 Å². The molecule has 14 heavy (non-hydrogen) atoms. The molecule has 0 saturated heterocycles. The van der Waals surface area contributed by atoms with E-state index in [9.17, 15) is 8.78 Å². The second kappa shape index (κ2) is 3.25. The smallest absolute Gasteiger partial charge is 0.168 e. The summed E-state index contributed by atoms with van der Waals surface area (Å²) in [5.41, 5.74) is 0.765. The van der Waals surface area contributed by atoms with Gasteiger partial charge in [-0.2, -0.15) is 5.10 Å². The molecule has 1 aromatic rings. The summed E-state index contributed by atoms with van der Waals surface area (Å²) in [5.74, 6) is 3.75. The van der Waals surface area contributed by atoms with Crippen LogP contribution in [0.1, 0.15) is 12.0 Å². The van der Waals surface area contributed by atoms with Crippen LogP contribution in [-0.4, -0.2) is 12.3 Å². The number of nitrogens with two attached hydrogens (primary N) is 1. The van der Waals surface area contributed by atoms with E-state index in [0.717, 1.165) is 6.07 Å². The highest BCUT2D eigenvalue weighted by molar-refractivity contribution is 6.03. The predicted molar refractivity (Wildman–Crippen MR) is 47.2 cm³/mol. The van der Waals surface area contributed by atoms with Gasteiger partial charge in [0.05, 0.1) is 12.3 Å². The Hall–Kier alpha value is -1.65. The van der Waals surface area contributed by atoms with Crippen LogP contribution in [0.3, 0.4) is 0 Å². The fraction of sp³-hybridized carbons (Fsp3) is 0.222. The molecule has 74 valence electrons. The first-order chi connectivity index (χ1) is 6.72. The van der Waals surface area contributed by atoms with Crippen LogP contribution >= 0.6 is 0 Å². The summed E-state index contributed by atoms with van der Waals surface area (Å²) in [6, 6.07) is 1.95. The van der Waals surface area contributed by atoms with E-state index in [1.54, 1.807) is 0 Å². The van der Waals surface area contributed by atoms with Gasteiger partial charge in [-0.05, 0) is 6.07 Å². The third kappa shape index (κ3) is 1.30. The van der Waals surface area contributed by atoms with Gasteiger partial charge < -0.3 is 10.6 Å². The van der Waals surface area contributed by atoms with Crippen molar-refractivity contribution in [1.82, 2.24) is 0 Å². The van der Waals surface area contributed by atoms with Gasteiger partial charge in [0.25, 0.3) is 0 Å². The Kier molecular flexibility index (Phi) is 2.07. The summed E-state index contributed by atoms with van der Waals surface area (Å²) in [5, 5.41) is 3.47. The van der Waals surface area contributed by atoms with Gasteiger partial charge in [0.15, 0.2) is 11.6 Å². The minimum Gasteiger partial charge on any atom is -0.489 e. The molecule has 0 fully saturated rings. The molecule has 0 amide bonds. The van der Waals surface area contributed by atoms with Crippen LogP contribution in [0.4, 0.5) is 8.78 Å². The van der Waals surface area contributed by atoms with Gasteiger partial charge in [-0.1, -0.05) is 0 Å². The zero-order valence-electron chi connectivity index (χ0n) is 7.26. The lowest BCUT2D eigenvalue weighted by molar-refractivity contribution is 0.302. The van der Waals surface area contributed by atoms with Crippen molar-refractivity contribution in [3.8, 4) is 5.75 Å². The summed E-state index contributed by atoms with van der Waals surface area (Å²) >= 11 is 0. The number of nitrogens with zero attached hydrogens (tertiary/aromatic N) is 1. The molecule has 5 heteroatoms. The third-order valence-electron chi connectivity index (χ3n) is 2.06. The number of halogens is 2. The fourth-order valence-electron chi connectivity index (χ4n) is 1.44. The van der Waals surface area contributed by atoms with E-state index in [-0.39, 0.29) is 5.75 Å². The largest absolute Gasteiger partial charge is 0.489 e. The van der Waals surface area contributed by atoms with Crippen LogP contribution in [-0.2, 0) is 0 Å². The van der Waals surface area contributed by atoms with Gasteiger partial charge in [0, 0.05) is 18.1 Å². The van der Waals surface area contributed by atoms with Crippen LogP contribution in [0.15, 0.2) is 17.2 Å². The van der Waals surface area contributed by atoms with Gasteiger partial charge in [-0.25, -0.2) is 8.78 Å². The van der Waals surface area contributed by atoms with Crippen molar-refractivity contribution in [2.75, 3.05) is 6.61 Å². The number of ether oxygens (including phenoxy) is 1. The number of hydrogen-bond donors (Lipinski definition) is 1. The highest BCUT2D eigenvalue weighted by Gasteiger charge is 2.21. The molecule has 2 rings (SSSR count). The predicted octanol–water partition coefficient (Wildman–Crippen LogP) is 1.41. The molecule has 1 aliphatic rings. The number of hydrogen-bond acceptors (Lipinski definition) is 3. The molecule has 2 N–H and O–H groups in total. The molecule has 1 aromatic carbocycles. The number of rotatable bonds is 0. The monoisotopic (exact) mass is 198 g/mol. The maximum absolute atomic E-state index is 13.2. The van der Waals surface area contributed by atoms with Crippen molar-refractivity contribution in [3.63, 3.8) is 0 Å². The average Bonchev–Trinajstić information content (AvgIpc) is 2.17. The van der Waals surface area contributed by atoms with E-state index in [1.165, 1.54) is 6.07 Å². The van der Waals surface area contributed by atoms with Crippen LogP contribution in [0.2, 0.25) is 0 Å². The molecule has 0 radical (unpaired) electrons. The van der Waals surface area contributed by atoms with Crippen molar-refractivity contribution in [3.05, 3.63) is 29.3 Å². The van der Waals surface area contributed by atoms with Crippen LogP contribution < -0.4 is 10.6 Å². The second-order valence-electron chi connectivity index (χ2n) is 2.94. The lowest BCUT2D eigenvalue weighted by Gasteiger charge is -2.18. The Morgan fingerprint density at radius 1 is 1.36 bits per heavy atom. The van der Waals surface area contributed by atoms with E-state index in [4.69, 9.17) is 10.6 Å². The quantitative estimate of drug-likeness (QED) is 0.506. The van der Waals surface area contributed by atoms with Gasteiger partial charge in [-0.3, -0.25) is 0 Å². The van der Waals surface area contributed by atoms with Gasteiger partial charge in [-0.15, -0.1) is 0 Å². The molecule has 0 bridgehead atoms. The number of benzene rings is 1. The molecule has 0 atom stereocenters. The number of fused-ring (bicyclic) bond motifs is 1. The summed E-state index contributed by atoms with van der Waals surface area (Å²) < 4.78 is 31.1. The lowest BCUT2D eigenvalue weighted by atomic mass is 10.0. The first-order valence-electron chi connectivity index (χ1n) is 4.11. The topological polar surface area (TPSA) is 47.6 Å². The van der Waals surface area contributed by atoms with Crippen molar-refractivity contribution in [2.24, 2.45) is 10.9 Å². The van der Waals surface area contributed by atoms with Crippen LogP contribution in [0.25, 0.3) is 0 Å². The Balaban J connectivity index is 2.62. The van der Waals surface area contributed by atoms with Crippen molar-refractivity contribution in [1.29, 1.82) is 0 Å². The molecule has 0 aromatic heterocycles. The zero-order valence-corrected chi connectivity index (χ0v) is 7.26. The van der Waals surface area contributed by atoms with Gasteiger partial charge in [0.2, 0.25) is 0 Å². The molecule has 0 spiro atoms. The average molecular weight is 198 g/mol. The summed E-state index contributed by atoms with van der Waals surface area (Å²) in [6.45, 7) is 0.311. The summed E-state index contributed by atoms with van der Waals surface area (Å²) in [7, 11) is 0. The van der Waals surface area contributed by atoms with Gasteiger partial charge >= 0.3 is 0 Å². The molecule has 0 saturated carbocycles. The molecule has 3 nitrogen and oxygen atoms in total. The first-order valence-corrected chi connectivity index (χ1v) is 4.11. The maximum atomic E-state index is 13.2. The lowest BCUT2D eigenvalue weighted by Crippen LogP contribution is -2.19. The summed E-state index contributed by atoms with van der Waals surface area (Å²) in [6.07, 6.45) is 0.465. The van der Waals surface area contributed by atoms with E-state index >= 15 is 0 Å². The van der Waals surface area contributed by atoms with E-state index in [0.29, 0.717) is 24.3 Å². The molecule has 1 heterocycles. The maximum Gasteiger partial charge on any atom is 0.168 e. The Morgan fingerprint density at radius 3 is 2.86 bits per heavy atom. The Bertz CT molecular complexity index is 404. The van der Waals surface area contributed by atoms with Crippen LogP contribution in [0, 0.1) is 11.6 Å². The highest BCUT2D eigenvalue weighted by Crippen LogP contribution is 2.28. The van der Waals surface area contributed by atoms with Gasteiger partial charge in [0.1, 0.15) is 5.82 Å². The standard InChI is InChI=1S/C9H8F2N2O/c10-5-3-6-8(13-12)1-2-14-9(6)7(11)4-5/h3-4H,1-2,12H2/b13-8+. The van der Waals surface area contributed by atoms with Crippen molar-refractivity contribution in [2.45, 2.75) is 6.42 Å². The number of hydrazone groups is 1. The van der Waals surface area contributed by atoms with E-state index in [2.05, 4.69) is 5.10 Å². The zero-order chi connectivity index (χ0) is 10.1. The van der Waals surface area contributed by atoms with E-state index < -0.39 is 11.6 Å².